The third-order valence-electron chi connectivity index (χ3n) is 4.36. The van der Waals surface area contributed by atoms with Crippen LogP contribution in [0.4, 0.5) is 5.69 Å². The van der Waals surface area contributed by atoms with Gasteiger partial charge in [-0.1, -0.05) is 18.6 Å². The zero-order chi connectivity index (χ0) is 17.2. The fraction of sp³-hybridized carbons (Fsp3) is 0.632. The maximum atomic E-state index is 4.72. The molecule has 2 N–H and O–H groups in total. The molecule has 0 bridgehead atoms. The Labute approximate surface area is 170 Å². The number of nitrogens with zero attached hydrogens (tertiary/aromatic N) is 3. The minimum absolute atomic E-state index is 0. The van der Waals surface area contributed by atoms with Gasteiger partial charge in [0.2, 0.25) is 0 Å². The van der Waals surface area contributed by atoms with Crippen molar-refractivity contribution >= 4 is 35.6 Å². The number of hydrogen-bond donors (Lipinski definition) is 2. The lowest BCUT2D eigenvalue weighted by Gasteiger charge is -2.26. The van der Waals surface area contributed by atoms with E-state index in [-0.39, 0.29) is 24.0 Å². The zero-order valence-corrected chi connectivity index (χ0v) is 18.3. The molecule has 0 amide bonds. The predicted octanol–water partition coefficient (Wildman–Crippen LogP) is 2.91. The summed E-state index contributed by atoms with van der Waals surface area (Å²) in [6.07, 6.45) is 4.08. The van der Waals surface area contributed by atoms with Crippen LogP contribution in [0.15, 0.2) is 29.3 Å². The van der Waals surface area contributed by atoms with Crippen LogP contribution in [-0.2, 0) is 6.54 Å². The summed E-state index contributed by atoms with van der Waals surface area (Å²) in [5.74, 6) is 0.907. The van der Waals surface area contributed by atoms with Gasteiger partial charge in [-0.3, -0.25) is 0 Å². The van der Waals surface area contributed by atoms with Crippen LogP contribution < -0.4 is 15.5 Å². The van der Waals surface area contributed by atoms with Crippen molar-refractivity contribution in [2.45, 2.75) is 32.7 Å². The summed E-state index contributed by atoms with van der Waals surface area (Å²) in [5, 5.41) is 6.80. The Bertz CT molecular complexity index is 512. The highest BCUT2D eigenvalue weighted by Gasteiger charge is 2.09. The van der Waals surface area contributed by atoms with Gasteiger partial charge in [-0.15, -0.1) is 24.0 Å². The van der Waals surface area contributed by atoms with Gasteiger partial charge in [0, 0.05) is 39.4 Å². The molecule has 0 aromatic heterocycles. The first-order valence-corrected chi connectivity index (χ1v) is 9.20. The molecule has 6 heteroatoms. The van der Waals surface area contributed by atoms with E-state index in [1.165, 1.54) is 43.6 Å². The van der Waals surface area contributed by atoms with Crippen molar-refractivity contribution in [3.63, 3.8) is 0 Å². The molecule has 0 radical (unpaired) electrons. The Morgan fingerprint density at radius 3 is 2.60 bits per heavy atom. The quantitative estimate of drug-likeness (QED) is 0.374. The Morgan fingerprint density at radius 1 is 1.16 bits per heavy atom. The third-order valence-corrected chi connectivity index (χ3v) is 4.36. The lowest BCUT2D eigenvalue weighted by atomic mass is 10.1. The topological polar surface area (TPSA) is 42.9 Å². The summed E-state index contributed by atoms with van der Waals surface area (Å²) in [5.41, 5.74) is 2.44. The van der Waals surface area contributed by atoms with E-state index >= 15 is 0 Å². The molecule has 25 heavy (non-hydrogen) atoms. The maximum absolute atomic E-state index is 4.72. The Kier molecular flexibility index (Phi) is 10.9. The van der Waals surface area contributed by atoms with Gasteiger partial charge >= 0.3 is 0 Å². The molecule has 1 saturated heterocycles. The van der Waals surface area contributed by atoms with Crippen LogP contribution >= 0.6 is 24.0 Å². The molecule has 142 valence electrons. The van der Waals surface area contributed by atoms with Gasteiger partial charge in [-0.25, -0.2) is 4.99 Å². The summed E-state index contributed by atoms with van der Waals surface area (Å²) in [6, 6.07) is 8.54. The van der Waals surface area contributed by atoms with Crippen molar-refractivity contribution in [2.75, 3.05) is 51.7 Å². The number of benzene rings is 1. The first kappa shape index (κ1) is 22.0. The molecule has 0 atom stereocenters. The maximum Gasteiger partial charge on any atom is 0.191 e. The molecular formula is C19H34IN5. The highest BCUT2D eigenvalue weighted by atomic mass is 127. The van der Waals surface area contributed by atoms with E-state index in [0.29, 0.717) is 6.54 Å². The summed E-state index contributed by atoms with van der Waals surface area (Å²) < 4.78 is 0. The Hall–Kier alpha value is -1.02. The fourth-order valence-corrected chi connectivity index (χ4v) is 2.96. The van der Waals surface area contributed by atoms with Crippen LogP contribution in [0.3, 0.4) is 0 Å². The summed E-state index contributed by atoms with van der Waals surface area (Å²) in [6.45, 7) is 8.21. The van der Waals surface area contributed by atoms with Crippen molar-refractivity contribution in [1.29, 1.82) is 0 Å². The number of halogens is 1. The van der Waals surface area contributed by atoms with Gasteiger partial charge in [-0.05, 0) is 50.6 Å². The monoisotopic (exact) mass is 459 g/mol. The van der Waals surface area contributed by atoms with E-state index in [1.807, 2.05) is 0 Å². The normalized spacial score (nSPS) is 15.4. The van der Waals surface area contributed by atoms with Crippen LogP contribution in [0.5, 0.6) is 0 Å². The largest absolute Gasteiger partial charge is 0.378 e. The van der Waals surface area contributed by atoms with Gasteiger partial charge in [0.1, 0.15) is 0 Å². The van der Waals surface area contributed by atoms with Crippen molar-refractivity contribution in [3.8, 4) is 0 Å². The van der Waals surface area contributed by atoms with E-state index in [1.54, 1.807) is 0 Å². The number of likely N-dealkylation sites (tertiary alicyclic amines) is 1. The summed E-state index contributed by atoms with van der Waals surface area (Å²) in [7, 11) is 4.13. The second-order valence-corrected chi connectivity index (χ2v) is 6.59. The highest BCUT2D eigenvalue weighted by molar-refractivity contribution is 14.0. The van der Waals surface area contributed by atoms with Gasteiger partial charge in [-0.2, -0.15) is 0 Å². The molecule has 0 spiro atoms. The van der Waals surface area contributed by atoms with Crippen molar-refractivity contribution in [1.82, 2.24) is 15.5 Å². The van der Waals surface area contributed by atoms with Crippen molar-refractivity contribution in [2.24, 2.45) is 4.99 Å². The lowest BCUT2D eigenvalue weighted by Crippen LogP contribution is -2.42. The Morgan fingerprint density at radius 2 is 1.92 bits per heavy atom. The third kappa shape index (κ3) is 8.27. The number of aliphatic imine (C=N–C) groups is 1. The molecule has 1 aliphatic rings. The van der Waals surface area contributed by atoms with Crippen LogP contribution in [0, 0.1) is 0 Å². The number of hydrogen-bond acceptors (Lipinski definition) is 3. The molecule has 1 aromatic carbocycles. The SMILES string of the molecule is CCNC(=NCc1cccc(N(C)C)c1)NCCN1CCCCC1.I. The number of nitrogens with one attached hydrogen (secondary N) is 2. The average Bonchev–Trinajstić information content (AvgIpc) is 2.61. The fourth-order valence-electron chi connectivity index (χ4n) is 2.96. The molecule has 1 aliphatic heterocycles. The number of anilines is 1. The first-order valence-electron chi connectivity index (χ1n) is 9.20. The number of guanidine groups is 1. The zero-order valence-electron chi connectivity index (χ0n) is 15.9. The lowest BCUT2D eigenvalue weighted by molar-refractivity contribution is 0.232. The van der Waals surface area contributed by atoms with E-state index in [9.17, 15) is 0 Å². The number of piperidine rings is 1. The van der Waals surface area contributed by atoms with E-state index in [2.05, 4.69) is 65.7 Å². The van der Waals surface area contributed by atoms with E-state index in [4.69, 9.17) is 4.99 Å². The van der Waals surface area contributed by atoms with Crippen LogP contribution in [0.1, 0.15) is 31.7 Å². The van der Waals surface area contributed by atoms with Gasteiger partial charge in [0.05, 0.1) is 6.54 Å². The summed E-state index contributed by atoms with van der Waals surface area (Å²) >= 11 is 0. The second-order valence-electron chi connectivity index (χ2n) is 6.59. The van der Waals surface area contributed by atoms with Crippen LogP contribution in [0.25, 0.3) is 0 Å². The summed E-state index contributed by atoms with van der Waals surface area (Å²) in [4.78, 5) is 9.39. The number of rotatable bonds is 7. The Balaban J connectivity index is 0.00000312. The van der Waals surface area contributed by atoms with Crippen molar-refractivity contribution < 1.29 is 0 Å². The van der Waals surface area contributed by atoms with Gasteiger partial charge in [0.15, 0.2) is 5.96 Å². The van der Waals surface area contributed by atoms with Crippen LogP contribution in [-0.4, -0.2) is 57.7 Å². The highest BCUT2D eigenvalue weighted by Crippen LogP contribution is 2.14. The van der Waals surface area contributed by atoms with Gasteiger partial charge < -0.3 is 20.4 Å². The molecule has 0 aliphatic carbocycles. The van der Waals surface area contributed by atoms with E-state index < -0.39 is 0 Å². The molecule has 0 saturated carbocycles. The molecule has 1 heterocycles. The average molecular weight is 459 g/mol. The van der Waals surface area contributed by atoms with Gasteiger partial charge in [0.25, 0.3) is 0 Å². The molecule has 1 aromatic rings. The minimum Gasteiger partial charge on any atom is -0.378 e. The molecule has 2 rings (SSSR count). The molecule has 5 nitrogen and oxygen atoms in total. The van der Waals surface area contributed by atoms with Crippen molar-refractivity contribution in [3.05, 3.63) is 29.8 Å². The predicted molar refractivity (Wildman–Crippen MR) is 119 cm³/mol. The van der Waals surface area contributed by atoms with E-state index in [0.717, 1.165) is 25.6 Å². The second kappa shape index (κ2) is 12.4. The van der Waals surface area contributed by atoms with Crippen LogP contribution in [0.2, 0.25) is 0 Å². The molecule has 0 unspecified atom stereocenters. The standard InChI is InChI=1S/C19H33N5.HI/c1-4-20-19(21-11-14-24-12-6-5-7-13-24)22-16-17-9-8-10-18(15-17)23(2)3;/h8-10,15H,4-7,11-14,16H2,1-3H3,(H2,20,21,22);1H. The molecule has 1 fully saturated rings. The smallest absolute Gasteiger partial charge is 0.191 e. The first-order chi connectivity index (χ1) is 11.7. The molecular weight excluding hydrogens is 425 g/mol. The minimum atomic E-state index is 0.